The van der Waals surface area contributed by atoms with Crippen LogP contribution in [0, 0.1) is 11.7 Å². The van der Waals surface area contributed by atoms with Crippen LogP contribution in [0.1, 0.15) is 37.8 Å². The summed E-state index contributed by atoms with van der Waals surface area (Å²) in [5.41, 5.74) is 1.20. The number of nitrogens with zero attached hydrogens (tertiary/aromatic N) is 4. The van der Waals surface area contributed by atoms with E-state index in [4.69, 9.17) is 16.3 Å². The van der Waals surface area contributed by atoms with Gasteiger partial charge in [-0.2, -0.15) is 0 Å². The van der Waals surface area contributed by atoms with Crippen LogP contribution >= 0.6 is 11.6 Å². The van der Waals surface area contributed by atoms with Crippen LogP contribution in [0.4, 0.5) is 4.39 Å². The molecule has 0 aliphatic carbocycles. The Morgan fingerprint density at radius 1 is 1.29 bits per heavy atom. The summed E-state index contributed by atoms with van der Waals surface area (Å²) in [5.74, 6) is -0.395. The molecule has 1 N–H and O–H groups in total. The molecule has 2 fully saturated rings. The lowest BCUT2D eigenvalue weighted by Gasteiger charge is -2.35. The minimum atomic E-state index is -3.57. The van der Waals surface area contributed by atoms with E-state index in [0.29, 0.717) is 49.3 Å². The van der Waals surface area contributed by atoms with Crippen molar-refractivity contribution in [2.24, 2.45) is 5.92 Å². The maximum absolute atomic E-state index is 13.2. The second-order valence-corrected chi connectivity index (χ2v) is 11.4. The van der Waals surface area contributed by atoms with Gasteiger partial charge >= 0.3 is 0 Å². The second kappa shape index (κ2) is 10.3. The number of carbonyl (C=O) groups excluding carboxylic acids is 1. The molecule has 0 aromatic carbocycles. The van der Waals surface area contributed by atoms with E-state index in [2.05, 4.69) is 15.0 Å². The molecule has 9 nitrogen and oxygen atoms in total. The number of aromatic amines is 1. The van der Waals surface area contributed by atoms with Gasteiger partial charge in [-0.25, -0.2) is 27.1 Å². The van der Waals surface area contributed by atoms with Gasteiger partial charge < -0.3 is 14.6 Å². The third kappa shape index (κ3) is 5.42. The number of hydrogen-bond donors (Lipinski definition) is 1. The molecule has 1 amide bonds. The Morgan fingerprint density at radius 2 is 2.09 bits per heavy atom. The highest BCUT2D eigenvalue weighted by molar-refractivity contribution is 7.89. The van der Waals surface area contributed by atoms with Crippen molar-refractivity contribution in [3.05, 3.63) is 35.0 Å². The number of piperidine rings is 1. The first kappa shape index (κ1) is 25.0. The van der Waals surface area contributed by atoms with Gasteiger partial charge in [0.05, 0.1) is 23.7 Å². The summed E-state index contributed by atoms with van der Waals surface area (Å²) < 4.78 is 45.8. The van der Waals surface area contributed by atoms with Crippen LogP contribution in [0.5, 0.6) is 0 Å². The van der Waals surface area contributed by atoms with Gasteiger partial charge in [0.1, 0.15) is 11.5 Å². The zero-order chi connectivity index (χ0) is 24.5. The van der Waals surface area contributed by atoms with Gasteiger partial charge in [0.25, 0.3) is 0 Å². The van der Waals surface area contributed by atoms with Crippen molar-refractivity contribution < 1.29 is 22.3 Å². The molecule has 0 radical (unpaired) electrons. The molecule has 2 aromatic rings. The van der Waals surface area contributed by atoms with Crippen molar-refractivity contribution >= 4 is 27.5 Å². The molecule has 12 heteroatoms. The number of hydrogen-bond acceptors (Lipinski definition) is 6. The molecule has 0 spiro atoms. The van der Waals surface area contributed by atoms with Crippen molar-refractivity contribution in [3.63, 3.8) is 0 Å². The quantitative estimate of drug-likeness (QED) is 0.609. The van der Waals surface area contributed by atoms with Crippen molar-refractivity contribution in [3.8, 4) is 11.5 Å². The summed E-state index contributed by atoms with van der Waals surface area (Å²) in [6, 6.07) is 2.82. The maximum atomic E-state index is 13.2. The third-order valence-corrected chi connectivity index (χ3v) is 8.82. The van der Waals surface area contributed by atoms with Crippen LogP contribution in [-0.4, -0.2) is 83.6 Å². The van der Waals surface area contributed by atoms with E-state index in [1.54, 1.807) is 12.0 Å². The molecule has 0 bridgehead atoms. The monoisotopic (exact) mass is 513 g/mol. The van der Waals surface area contributed by atoms with E-state index in [0.717, 1.165) is 18.3 Å². The van der Waals surface area contributed by atoms with Crippen LogP contribution in [-0.2, 0) is 19.6 Å². The number of likely N-dealkylation sites (tertiary alicyclic amines) is 1. The van der Waals surface area contributed by atoms with E-state index < -0.39 is 15.8 Å². The first-order chi connectivity index (χ1) is 16.2. The lowest BCUT2D eigenvalue weighted by atomic mass is 9.86. The number of nitrogens with one attached hydrogen (secondary N) is 1. The van der Waals surface area contributed by atoms with E-state index >= 15 is 0 Å². The Kier molecular flexibility index (Phi) is 7.56. The number of methoxy groups -OCH3 is 1. The van der Waals surface area contributed by atoms with Gasteiger partial charge in [-0.05, 0) is 30.9 Å². The number of imidazole rings is 1. The summed E-state index contributed by atoms with van der Waals surface area (Å²) in [6.07, 6.45) is 2.44. The Balaban J connectivity index is 1.36. The van der Waals surface area contributed by atoms with Gasteiger partial charge in [0.2, 0.25) is 15.9 Å². The molecular formula is C22H29ClFN5O4S. The first-order valence-corrected chi connectivity index (χ1v) is 13.3. The fourth-order valence-electron chi connectivity index (χ4n) is 4.69. The summed E-state index contributed by atoms with van der Waals surface area (Å²) in [5, 5.41) is 0.305. The Morgan fingerprint density at radius 3 is 2.74 bits per heavy atom. The average Bonchev–Trinajstić information content (AvgIpc) is 3.45. The molecule has 3 atom stereocenters. The van der Waals surface area contributed by atoms with Gasteiger partial charge in [0, 0.05) is 45.6 Å². The van der Waals surface area contributed by atoms with Crippen molar-refractivity contribution in [1.82, 2.24) is 24.2 Å². The lowest BCUT2D eigenvalue weighted by Crippen LogP contribution is -2.44. The summed E-state index contributed by atoms with van der Waals surface area (Å²) in [7, 11) is -1.95. The molecule has 4 heterocycles. The third-order valence-electron chi connectivity index (χ3n) is 6.69. The number of pyridine rings is 1. The number of sulfonamides is 1. The normalized spacial score (nSPS) is 24.0. The molecule has 2 aliphatic rings. The number of ether oxygens (including phenoxy) is 1. The molecule has 2 aliphatic heterocycles. The number of carbonyl (C=O) groups is 1. The minimum absolute atomic E-state index is 0.0159. The Hall–Kier alpha value is -2.08. The molecule has 0 saturated carbocycles. The smallest absolute Gasteiger partial charge is 0.223 e. The summed E-state index contributed by atoms with van der Waals surface area (Å²) >= 11 is 6.39. The number of aromatic nitrogens is 3. The topological polar surface area (TPSA) is 108 Å². The van der Waals surface area contributed by atoms with E-state index in [-0.39, 0.29) is 36.0 Å². The first-order valence-electron chi connectivity index (χ1n) is 11.3. The predicted molar refractivity (Wildman–Crippen MR) is 125 cm³/mol. The number of rotatable bonds is 7. The van der Waals surface area contributed by atoms with E-state index in [9.17, 15) is 17.6 Å². The van der Waals surface area contributed by atoms with E-state index in [1.165, 1.54) is 16.4 Å². The van der Waals surface area contributed by atoms with Gasteiger partial charge in [-0.1, -0.05) is 18.5 Å². The fraction of sp³-hybridized carbons (Fsp3) is 0.591. The molecule has 2 aromatic heterocycles. The SMILES string of the molecule is CO[C@@H]1CCN(C(=O)CCS(=O)(=O)N2CC[C@@H](c3[nH]c(-c4ccc(F)cn4)nc3Cl)[C@@H](C)C2)C1. The molecule has 0 unspecified atom stereocenters. The maximum Gasteiger partial charge on any atom is 0.223 e. The highest BCUT2D eigenvalue weighted by atomic mass is 35.5. The standard InChI is InChI=1S/C22H29ClFN5O4S/c1-14-12-29(34(31,32)10-7-19(30)28-8-5-16(13-28)33-2)9-6-17(14)20-21(23)27-22(26-20)18-4-3-15(24)11-25-18/h3-4,11,14,16-17H,5-10,12-13H2,1-2H3,(H,26,27)/t14-,16+,17+/m0/s1. The largest absolute Gasteiger partial charge is 0.380 e. The molecular weight excluding hydrogens is 485 g/mol. The molecule has 4 rings (SSSR count). The zero-order valence-corrected chi connectivity index (χ0v) is 20.8. The van der Waals surface area contributed by atoms with Crippen LogP contribution < -0.4 is 0 Å². The number of amides is 1. The predicted octanol–water partition coefficient (Wildman–Crippen LogP) is 2.66. The molecule has 2 saturated heterocycles. The second-order valence-electron chi connectivity index (χ2n) is 8.93. The lowest BCUT2D eigenvalue weighted by molar-refractivity contribution is -0.130. The van der Waals surface area contributed by atoms with Crippen LogP contribution in [0.15, 0.2) is 18.3 Å². The van der Waals surface area contributed by atoms with E-state index in [1.807, 2.05) is 6.92 Å². The summed E-state index contributed by atoms with van der Waals surface area (Å²) in [6.45, 7) is 3.74. The molecule has 34 heavy (non-hydrogen) atoms. The van der Waals surface area contributed by atoms with Gasteiger partial charge in [-0.15, -0.1) is 0 Å². The van der Waals surface area contributed by atoms with Crippen molar-refractivity contribution in [2.75, 3.05) is 39.0 Å². The Bertz CT molecular complexity index is 1130. The number of H-pyrrole nitrogens is 1. The van der Waals surface area contributed by atoms with Crippen LogP contribution in [0.3, 0.4) is 0 Å². The Labute approximate surface area is 203 Å². The highest BCUT2D eigenvalue weighted by Crippen LogP contribution is 2.37. The van der Waals surface area contributed by atoms with Crippen LogP contribution in [0.25, 0.3) is 11.5 Å². The van der Waals surface area contributed by atoms with Gasteiger partial charge in [0.15, 0.2) is 11.0 Å². The average molecular weight is 514 g/mol. The van der Waals surface area contributed by atoms with Gasteiger partial charge in [-0.3, -0.25) is 4.79 Å². The fourth-order valence-corrected chi connectivity index (χ4v) is 6.50. The molecule has 186 valence electrons. The van der Waals surface area contributed by atoms with Crippen molar-refractivity contribution in [1.29, 1.82) is 0 Å². The van der Waals surface area contributed by atoms with Crippen LogP contribution in [0.2, 0.25) is 5.15 Å². The van der Waals surface area contributed by atoms with Crippen molar-refractivity contribution in [2.45, 2.75) is 38.2 Å². The minimum Gasteiger partial charge on any atom is -0.380 e. The highest BCUT2D eigenvalue weighted by Gasteiger charge is 2.36. The zero-order valence-electron chi connectivity index (χ0n) is 19.2. The number of halogens is 2. The summed E-state index contributed by atoms with van der Waals surface area (Å²) in [4.78, 5) is 25.7.